The van der Waals surface area contributed by atoms with Crippen LogP contribution in [0.4, 0.5) is 0 Å². The van der Waals surface area contributed by atoms with Gasteiger partial charge in [0.2, 0.25) is 0 Å². The lowest BCUT2D eigenvalue weighted by molar-refractivity contribution is -0.154. The number of methoxy groups -OCH3 is 2. The van der Waals surface area contributed by atoms with E-state index in [2.05, 4.69) is 0 Å². The average molecular weight is 405 g/mol. The van der Waals surface area contributed by atoms with Gasteiger partial charge in [0.1, 0.15) is 0 Å². The summed E-state index contributed by atoms with van der Waals surface area (Å²) in [4.78, 5) is 37.7. The minimum absolute atomic E-state index is 0.213. The Bertz CT molecular complexity index is 1100. The Hall–Kier alpha value is -3.67. The molecule has 0 aliphatic heterocycles. The molecule has 0 N–H and O–H groups in total. The van der Waals surface area contributed by atoms with E-state index in [0.29, 0.717) is 23.1 Å². The predicted molar refractivity (Wildman–Crippen MR) is 113 cm³/mol. The summed E-state index contributed by atoms with van der Waals surface area (Å²) < 4.78 is 11.6. The van der Waals surface area contributed by atoms with Crippen molar-refractivity contribution >= 4 is 28.6 Å². The molecule has 0 aliphatic rings. The number of hydrogen-bond donors (Lipinski definition) is 0. The van der Waals surface area contributed by atoms with Crippen molar-refractivity contribution in [3.05, 3.63) is 83.6 Å². The summed E-state index contributed by atoms with van der Waals surface area (Å²) >= 11 is 0. The third-order valence-electron chi connectivity index (χ3n) is 4.90. The minimum Gasteiger partial charge on any atom is -0.468 e. The van der Waals surface area contributed by atoms with E-state index in [9.17, 15) is 14.4 Å². The van der Waals surface area contributed by atoms with Crippen molar-refractivity contribution in [2.75, 3.05) is 14.2 Å². The second-order valence-electron chi connectivity index (χ2n) is 6.74. The van der Waals surface area contributed by atoms with E-state index in [0.717, 1.165) is 11.1 Å². The van der Waals surface area contributed by atoms with Gasteiger partial charge in [-0.2, -0.15) is 0 Å². The van der Waals surface area contributed by atoms with E-state index < -0.39 is 17.9 Å². The second-order valence-corrected chi connectivity index (χ2v) is 6.74. The molecular weight excluding hydrogens is 382 g/mol. The van der Waals surface area contributed by atoms with Crippen LogP contribution < -0.4 is 0 Å². The van der Waals surface area contributed by atoms with E-state index in [-0.39, 0.29) is 5.78 Å². The van der Waals surface area contributed by atoms with Crippen molar-refractivity contribution in [3.8, 4) is 0 Å². The van der Waals surface area contributed by atoms with Crippen LogP contribution in [0.15, 0.2) is 66.9 Å². The van der Waals surface area contributed by atoms with Crippen LogP contribution in [0.5, 0.6) is 0 Å². The van der Waals surface area contributed by atoms with Crippen molar-refractivity contribution < 1.29 is 23.9 Å². The molecule has 0 fully saturated rings. The van der Waals surface area contributed by atoms with Crippen LogP contribution in [0.2, 0.25) is 0 Å². The lowest BCUT2D eigenvalue weighted by Gasteiger charge is -2.15. The van der Waals surface area contributed by atoms with Gasteiger partial charge in [-0.15, -0.1) is 0 Å². The number of aromatic nitrogens is 1. The van der Waals surface area contributed by atoms with Crippen molar-refractivity contribution in [2.45, 2.75) is 19.4 Å². The van der Waals surface area contributed by atoms with Crippen LogP contribution >= 0.6 is 0 Å². The molecule has 0 bridgehead atoms. The lowest BCUT2D eigenvalue weighted by Crippen LogP contribution is -2.24. The Kier molecular flexibility index (Phi) is 6.47. The smallest absolute Gasteiger partial charge is 0.324 e. The van der Waals surface area contributed by atoms with E-state index in [1.807, 2.05) is 41.0 Å². The van der Waals surface area contributed by atoms with Crippen molar-refractivity contribution in [3.63, 3.8) is 0 Å². The van der Waals surface area contributed by atoms with Crippen LogP contribution in [0.3, 0.4) is 0 Å². The van der Waals surface area contributed by atoms with Crippen molar-refractivity contribution in [1.82, 2.24) is 4.57 Å². The highest BCUT2D eigenvalue weighted by atomic mass is 16.5. The van der Waals surface area contributed by atoms with Gasteiger partial charge in [-0.05, 0) is 30.2 Å². The Labute approximate surface area is 174 Å². The summed E-state index contributed by atoms with van der Waals surface area (Å²) in [5.41, 5.74) is 2.59. The largest absolute Gasteiger partial charge is 0.468 e. The van der Waals surface area contributed by atoms with Crippen LogP contribution in [0, 0.1) is 0 Å². The molecule has 30 heavy (non-hydrogen) atoms. The number of carbonyl (C=O) groups is 3. The summed E-state index contributed by atoms with van der Waals surface area (Å²) in [5, 5.41) is 0.539. The highest BCUT2D eigenvalue weighted by Crippen LogP contribution is 2.33. The molecular formula is C24H23NO5. The summed E-state index contributed by atoms with van der Waals surface area (Å²) in [6.45, 7) is 2.29. The Morgan fingerprint density at radius 3 is 2.23 bits per heavy atom. The molecule has 0 unspecified atom stereocenters. The topological polar surface area (TPSA) is 74.6 Å². The first kappa shape index (κ1) is 21.0. The number of carbonyl (C=O) groups excluding carboxylic acids is 3. The molecule has 0 saturated carbocycles. The zero-order chi connectivity index (χ0) is 21.7. The summed E-state index contributed by atoms with van der Waals surface area (Å²) in [6.07, 6.45) is 4.88. The van der Waals surface area contributed by atoms with Crippen LogP contribution in [0.1, 0.15) is 34.3 Å². The fourth-order valence-corrected chi connectivity index (χ4v) is 3.55. The first-order valence-electron chi connectivity index (χ1n) is 9.50. The van der Waals surface area contributed by atoms with Gasteiger partial charge in [0.05, 0.1) is 14.2 Å². The molecule has 1 aromatic heterocycles. The third-order valence-corrected chi connectivity index (χ3v) is 4.90. The van der Waals surface area contributed by atoms with Crippen LogP contribution in [-0.2, 0) is 25.6 Å². The number of ether oxygens (including phenoxy) is 2. The fourth-order valence-electron chi connectivity index (χ4n) is 3.55. The first-order chi connectivity index (χ1) is 14.5. The Morgan fingerprint density at radius 1 is 0.967 bits per heavy atom. The zero-order valence-electron chi connectivity index (χ0n) is 17.1. The molecule has 2 aromatic carbocycles. The molecule has 0 radical (unpaired) electrons. The Balaban J connectivity index is 2.27. The maximum Gasteiger partial charge on any atom is 0.324 e. The number of ketones is 1. The molecule has 1 heterocycles. The number of esters is 2. The quantitative estimate of drug-likeness (QED) is 0.258. The number of allylic oxidation sites excluding steroid dienone is 2. The third kappa shape index (κ3) is 4.03. The maximum atomic E-state index is 12.8. The number of hydrogen-bond acceptors (Lipinski definition) is 5. The normalized spacial score (nSPS) is 11.2. The molecule has 6 heteroatoms. The first-order valence-corrected chi connectivity index (χ1v) is 9.50. The minimum atomic E-state index is -1.28. The molecule has 0 aliphatic carbocycles. The fraction of sp³-hybridized carbons (Fsp3) is 0.208. The number of rotatable bonds is 7. The van der Waals surface area contributed by atoms with E-state index >= 15 is 0 Å². The molecule has 0 amide bonds. The molecule has 3 rings (SSSR count). The number of fused-ring (bicyclic) bond motifs is 1. The molecule has 0 atom stereocenters. The van der Waals surface area contributed by atoms with Gasteiger partial charge in [-0.1, -0.05) is 48.5 Å². The van der Waals surface area contributed by atoms with Gasteiger partial charge in [0, 0.05) is 29.2 Å². The monoisotopic (exact) mass is 405 g/mol. The van der Waals surface area contributed by atoms with E-state index in [4.69, 9.17) is 9.47 Å². The second kappa shape index (κ2) is 9.22. The van der Waals surface area contributed by atoms with E-state index in [1.165, 1.54) is 20.3 Å². The molecule has 0 spiro atoms. The average Bonchev–Trinajstić information content (AvgIpc) is 3.13. The van der Waals surface area contributed by atoms with Gasteiger partial charge >= 0.3 is 11.9 Å². The molecule has 0 saturated heterocycles. The number of benzene rings is 2. The van der Waals surface area contributed by atoms with E-state index in [1.54, 1.807) is 31.3 Å². The maximum absolute atomic E-state index is 12.8. The number of nitrogens with zero attached hydrogens (tertiary/aromatic N) is 1. The molecule has 154 valence electrons. The highest BCUT2D eigenvalue weighted by molar-refractivity contribution is 6.16. The Morgan fingerprint density at radius 2 is 1.63 bits per heavy atom. The predicted octanol–water partition coefficient (Wildman–Crippen LogP) is 3.88. The van der Waals surface area contributed by atoms with Gasteiger partial charge in [-0.3, -0.25) is 14.4 Å². The molecule has 6 nitrogen and oxygen atoms in total. The molecule has 3 aromatic rings. The van der Waals surface area contributed by atoms with Gasteiger partial charge in [-0.25, -0.2) is 0 Å². The van der Waals surface area contributed by atoms with Gasteiger partial charge in [0.25, 0.3) is 0 Å². The lowest BCUT2D eigenvalue weighted by atomic mass is 9.93. The van der Waals surface area contributed by atoms with Crippen molar-refractivity contribution in [2.24, 2.45) is 0 Å². The SMILES string of the molecule is C/C=C/C(=O)c1cn(Cc2ccccc2)c2cccc(C(C(=O)OC)C(=O)OC)c12. The van der Waals surface area contributed by atoms with Crippen molar-refractivity contribution in [1.29, 1.82) is 0 Å². The van der Waals surface area contributed by atoms with Crippen LogP contribution in [0.25, 0.3) is 10.9 Å². The highest BCUT2D eigenvalue weighted by Gasteiger charge is 2.33. The summed E-state index contributed by atoms with van der Waals surface area (Å²) in [6, 6.07) is 15.1. The zero-order valence-corrected chi connectivity index (χ0v) is 17.1. The van der Waals surface area contributed by atoms with Gasteiger partial charge < -0.3 is 14.0 Å². The summed E-state index contributed by atoms with van der Waals surface area (Å²) in [5.74, 6) is -2.98. The van der Waals surface area contributed by atoms with Gasteiger partial charge in [0.15, 0.2) is 11.7 Å². The van der Waals surface area contributed by atoms with Crippen LogP contribution in [-0.4, -0.2) is 36.5 Å². The standard InChI is InChI=1S/C24H23NO5/c1-4-9-20(26)18-15-25(14-16-10-6-5-7-11-16)19-13-8-12-17(21(18)19)22(23(27)29-2)24(28)30-3/h4-13,15,22H,14H2,1-3H3/b9-4+. The summed E-state index contributed by atoms with van der Waals surface area (Å²) in [7, 11) is 2.43.